The normalized spacial score (nSPS) is 10.9. The Hall–Kier alpha value is -2.08. The second-order valence-electron chi connectivity index (χ2n) is 6.06. The molecule has 1 N–H and O–H groups in total. The minimum Gasteiger partial charge on any atom is -0.343 e. The molecule has 2 aromatic rings. The summed E-state index contributed by atoms with van der Waals surface area (Å²) in [5.74, 6) is 0.259. The lowest BCUT2D eigenvalue weighted by Gasteiger charge is -2.21. The second kappa shape index (κ2) is 8.85. The maximum atomic E-state index is 12.2. The molecule has 0 saturated heterocycles. The van der Waals surface area contributed by atoms with Gasteiger partial charge < -0.3 is 9.47 Å². The predicted molar refractivity (Wildman–Crippen MR) is 101 cm³/mol. The Morgan fingerprint density at radius 1 is 1.20 bits per heavy atom. The zero-order valence-corrected chi connectivity index (χ0v) is 15.8. The summed E-state index contributed by atoms with van der Waals surface area (Å²) in [7, 11) is 1.83. The van der Waals surface area contributed by atoms with Crippen LogP contribution in [0.4, 0.5) is 5.95 Å². The van der Waals surface area contributed by atoms with Gasteiger partial charge in [-0.1, -0.05) is 25.4 Å². The number of amides is 2. The van der Waals surface area contributed by atoms with Crippen LogP contribution < -0.4 is 5.32 Å². The highest BCUT2D eigenvalue weighted by atomic mass is 35.5. The quantitative estimate of drug-likeness (QED) is 0.778. The Balaban J connectivity index is 1.96. The minimum atomic E-state index is -0.217. The largest absolute Gasteiger partial charge is 0.343 e. The lowest BCUT2D eigenvalue weighted by atomic mass is 10.2. The monoisotopic (exact) mass is 364 g/mol. The average molecular weight is 365 g/mol. The summed E-state index contributed by atoms with van der Waals surface area (Å²) >= 11 is 5.97. The number of carbonyl (C=O) groups is 2. The Morgan fingerprint density at radius 2 is 1.88 bits per heavy atom. The highest BCUT2D eigenvalue weighted by Crippen LogP contribution is 2.22. The van der Waals surface area contributed by atoms with Gasteiger partial charge in [-0.15, -0.1) is 0 Å². The Bertz CT molecular complexity index is 751. The first-order chi connectivity index (χ1) is 12.0. The molecule has 1 heterocycles. The molecule has 2 amide bonds. The Morgan fingerprint density at radius 3 is 2.52 bits per heavy atom. The minimum absolute atomic E-state index is 0.0237. The van der Waals surface area contributed by atoms with E-state index in [2.05, 4.69) is 10.3 Å². The molecule has 0 saturated carbocycles. The number of anilines is 1. The van der Waals surface area contributed by atoms with Crippen molar-refractivity contribution in [3.63, 3.8) is 0 Å². The van der Waals surface area contributed by atoms with Crippen molar-refractivity contribution in [1.82, 2.24) is 14.5 Å². The van der Waals surface area contributed by atoms with Crippen LogP contribution in [0.5, 0.6) is 0 Å². The van der Waals surface area contributed by atoms with E-state index in [-0.39, 0.29) is 24.7 Å². The molecule has 136 valence electrons. The van der Waals surface area contributed by atoms with Crippen molar-refractivity contribution in [1.29, 1.82) is 0 Å². The van der Waals surface area contributed by atoms with Crippen LogP contribution in [0.3, 0.4) is 0 Å². The third kappa shape index (κ3) is 4.95. The van der Waals surface area contributed by atoms with Gasteiger partial charge in [-0.25, -0.2) is 4.98 Å². The van der Waals surface area contributed by atoms with Crippen molar-refractivity contribution in [2.24, 2.45) is 7.05 Å². The van der Waals surface area contributed by atoms with Crippen molar-refractivity contribution >= 4 is 40.4 Å². The lowest BCUT2D eigenvalue weighted by Crippen LogP contribution is -2.33. The summed E-state index contributed by atoms with van der Waals surface area (Å²) in [5, 5.41) is 3.37. The van der Waals surface area contributed by atoms with Crippen molar-refractivity contribution < 1.29 is 9.59 Å². The van der Waals surface area contributed by atoms with Crippen molar-refractivity contribution in [3.05, 3.63) is 23.2 Å². The number of nitrogens with zero attached hydrogens (tertiary/aromatic N) is 3. The van der Waals surface area contributed by atoms with Gasteiger partial charge in [-0.3, -0.25) is 14.9 Å². The molecule has 1 aromatic heterocycles. The Labute approximate surface area is 153 Å². The summed E-state index contributed by atoms with van der Waals surface area (Å²) in [6.45, 7) is 5.56. The summed E-state index contributed by atoms with van der Waals surface area (Å²) in [4.78, 5) is 30.6. The molecule has 0 aliphatic heterocycles. The van der Waals surface area contributed by atoms with Gasteiger partial charge in [0.2, 0.25) is 17.8 Å². The molecule has 0 bridgehead atoms. The van der Waals surface area contributed by atoms with E-state index in [1.807, 2.05) is 31.9 Å². The molecule has 0 aliphatic carbocycles. The van der Waals surface area contributed by atoms with Crippen LogP contribution in [0.15, 0.2) is 18.2 Å². The number of halogens is 1. The fourth-order valence-electron chi connectivity index (χ4n) is 2.75. The SMILES string of the molecule is CCCN(CCC)C(=O)CCC(=O)Nc1nc2cc(Cl)ccc2n1C. The summed E-state index contributed by atoms with van der Waals surface area (Å²) < 4.78 is 1.80. The van der Waals surface area contributed by atoms with Gasteiger partial charge in [-0.2, -0.15) is 0 Å². The van der Waals surface area contributed by atoms with E-state index in [0.717, 1.165) is 37.0 Å². The zero-order valence-electron chi connectivity index (χ0n) is 15.0. The maximum absolute atomic E-state index is 12.2. The highest BCUT2D eigenvalue weighted by Gasteiger charge is 2.15. The topological polar surface area (TPSA) is 67.2 Å². The number of rotatable bonds is 8. The van der Waals surface area contributed by atoms with E-state index in [9.17, 15) is 9.59 Å². The number of nitrogens with one attached hydrogen (secondary N) is 1. The van der Waals surface area contributed by atoms with Gasteiger partial charge in [0.05, 0.1) is 11.0 Å². The molecule has 7 heteroatoms. The van der Waals surface area contributed by atoms with E-state index in [0.29, 0.717) is 11.0 Å². The van der Waals surface area contributed by atoms with E-state index in [1.54, 1.807) is 16.7 Å². The van der Waals surface area contributed by atoms with Crippen LogP contribution in [-0.2, 0) is 16.6 Å². The number of carbonyl (C=O) groups excluding carboxylic acids is 2. The van der Waals surface area contributed by atoms with E-state index in [4.69, 9.17) is 11.6 Å². The molecule has 0 radical (unpaired) electrons. The van der Waals surface area contributed by atoms with Crippen molar-refractivity contribution in [3.8, 4) is 0 Å². The number of aromatic nitrogens is 2. The van der Waals surface area contributed by atoms with E-state index < -0.39 is 0 Å². The molecule has 25 heavy (non-hydrogen) atoms. The first-order valence-corrected chi connectivity index (χ1v) is 9.03. The van der Waals surface area contributed by atoms with Gasteiger partial charge >= 0.3 is 0 Å². The number of imidazole rings is 1. The molecular formula is C18H25ClN4O2. The van der Waals surface area contributed by atoms with Crippen LogP contribution >= 0.6 is 11.6 Å². The fraction of sp³-hybridized carbons (Fsp3) is 0.500. The smallest absolute Gasteiger partial charge is 0.227 e. The van der Waals surface area contributed by atoms with Crippen LogP contribution in [0.25, 0.3) is 11.0 Å². The molecule has 0 atom stereocenters. The van der Waals surface area contributed by atoms with E-state index >= 15 is 0 Å². The highest BCUT2D eigenvalue weighted by molar-refractivity contribution is 6.31. The third-order valence-electron chi connectivity index (χ3n) is 4.00. The average Bonchev–Trinajstić information content (AvgIpc) is 2.87. The van der Waals surface area contributed by atoms with Crippen LogP contribution in [0.1, 0.15) is 39.5 Å². The van der Waals surface area contributed by atoms with E-state index in [1.165, 1.54) is 0 Å². The molecule has 0 fully saturated rings. The first kappa shape index (κ1) is 19.2. The Kier molecular flexibility index (Phi) is 6.82. The third-order valence-corrected chi connectivity index (χ3v) is 4.23. The molecule has 2 rings (SSSR count). The standard InChI is InChI=1S/C18H25ClN4O2/c1-4-10-23(11-5-2)17(25)9-8-16(24)21-18-20-14-12-13(19)6-7-15(14)22(18)3/h6-7,12H,4-5,8-11H2,1-3H3,(H,20,21,24). The number of hydrogen-bond donors (Lipinski definition) is 1. The fourth-order valence-corrected chi connectivity index (χ4v) is 2.92. The molecule has 1 aromatic carbocycles. The summed E-state index contributed by atoms with van der Waals surface area (Å²) in [6.07, 6.45) is 2.19. The summed E-state index contributed by atoms with van der Waals surface area (Å²) in [5.41, 5.74) is 1.60. The molecule has 6 nitrogen and oxygen atoms in total. The predicted octanol–water partition coefficient (Wildman–Crippen LogP) is 3.59. The number of aryl methyl sites for hydroxylation is 1. The van der Waals surface area contributed by atoms with Gasteiger partial charge in [0, 0.05) is 38.0 Å². The maximum Gasteiger partial charge on any atom is 0.227 e. The van der Waals surface area contributed by atoms with Crippen LogP contribution in [0, 0.1) is 0 Å². The number of fused-ring (bicyclic) bond motifs is 1. The molecule has 0 aliphatic rings. The second-order valence-corrected chi connectivity index (χ2v) is 6.49. The number of hydrogen-bond acceptors (Lipinski definition) is 3. The lowest BCUT2D eigenvalue weighted by molar-refractivity contribution is -0.133. The zero-order chi connectivity index (χ0) is 18.4. The van der Waals surface area contributed by atoms with Crippen LogP contribution in [0.2, 0.25) is 5.02 Å². The summed E-state index contributed by atoms with van der Waals surface area (Å²) in [6, 6.07) is 5.40. The van der Waals surface area contributed by atoms with Gasteiger partial charge in [0.15, 0.2) is 0 Å². The van der Waals surface area contributed by atoms with Gasteiger partial charge in [0.1, 0.15) is 0 Å². The molecule has 0 unspecified atom stereocenters. The van der Waals surface area contributed by atoms with Gasteiger partial charge in [-0.05, 0) is 31.0 Å². The molecule has 0 spiro atoms. The molecular weight excluding hydrogens is 340 g/mol. The van der Waals surface area contributed by atoms with Crippen molar-refractivity contribution in [2.75, 3.05) is 18.4 Å². The van der Waals surface area contributed by atoms with Crippen molar-refractivity contribution in [2.45, 2.75) is 39.5 Å². The van der Waals surface area contributed by atoms with Crippen LogP contribution in [-0.4, -0.2) is 39.4 Å². The van der Waals surface area contributed by atoms with Gasteiger partial charge in [0.25, 0.3) is 0 Å². The number of benzene rings is 1. The first-order valence-electron chi connectivity index (χ1n) is 8.65.